The molecule has 3 aromatic rings. The van der Waals surface area contributed by atoms with Crippen LogP contribution >= 0.6 is 31.9 Å². The Morgan fingerprint density at radius 3 is 2.51 bits per heavy atom. The molecule has 0 saturated carbocycles. The monoisotopic (exact) mass is 660 g/mol. The molecule has 10 heteroatoms. The highest BCUT2D eigenvalue weighted by molar-refractivity contribution is 9.10. The lowest BCUT2D eigenvalue weighted by Crippen LogP contribution is -2.56. The number of aldehydes is 1. The van der Waals surface area contributed by atoms with E-state index in [0.717, 1.165) is 68.9 Å². The number of nitrogens with zero attached hydrogens (tertiary/aromatic N) is 3. The van der Waals surface area contributed by atoms with Crippen molar-refractivity contribution in [1.29, 1.82) is 0 Å². The summed E-state index contributed by atoms with van der Waals surface area (Å²) in [5, 5.41) is 3.91. The van der Waals surface area contributed by atoms with Crippen molar-refractivity contribution in [3.8, 4) is 5.75 Å². The number of carbonyl (C=O) groups is 3. The lowest BCUT2D eigenvalue weighted by atomic mass is 9.98. The fourth-order valence-corrected chi connectivity index (χ4v) is 5.45. The number of hydrogen-bond donors (Lipinski definition) is 1. The van der Waals surface area contributed by atoms with Crippen molar-refractivity contribution in [3.63, 3.8) is 0 Å². The first-order valence-corrected chi connectivity index (χ1v) is 14.2. The van der Waals surface area contributed by atoms with Crippen LogP contribution in [0.5, 0.6) is 5.75 Å². The quantitative estimate of drug-likeness (QED) is 0.303. The van der Waals surface area contributed by atoms with Crippen LogP contribution in [0.2, 0.25) is 0 Å². The van der Waals surface area contributed by atoms with Gasteiger partial charge in [0.1, 0.15) is 12.0 Å². The van der Waals surface area contributed by atoms with Gasteiger partial charge in [-0.2, -0.15) is 0 Å². The van der Waals surface area contributed by atoms with Gasteiger partial charge in [-0.3, -0.25) is 9.59 Å². The van der Waals surface area contributed by atoms with Crippen LogP contribution in [0.25, 0.3) is 10.9 Å². The second kappa shape index (κ2) is 14.4. The summed E-state index contributed by atoms with van der Waals surface area (Å²) in [7, 11) is 3.58. The van der Waals surface area contributed by atoms with E-state index in [1.807, 2.05) is 53.8 Å². The van der Waals surface area contributed by atoms with Crippen LogP contribution in [0.15, 0.2) is 58.1 Å². The molecule has 8 nitrogen and oxygen atoms in total. The van der Waals surface area contributed by atoms with E-state index in [1.165, 1.54) is 0 Å². The maximum absolute atomic E-state index is 13.4. The maximum Gasteiger partial charge on any atom is 0.256 e. The number of methoxy groups -OCH3 is 1. The molecule has 2 aliphatic heterocycles. The molecule has 0 spiro atoms. The molecule has 1 N–H and O–H groups in total. The number of ether oxygens (including phenoxy) is 1. The molecule has 3 heterocycles. The van der Waals surface area contributed by atoms with Gasteiger partial charge in [0.05, 0.1) is 19.2 Å². The summed E-state index contributed by atoms with van der Waals surface area (Å²) in [6.07, 6.45) is 5.99. The molecule has 1 saturated heterocycles. The normalized spacial score (nSPS) is 14.2. The van der Waals surface area contributed by atoms with Gasteiger partial charge in [-0.15, -0.1) is 6.58 Å². The molecule has 0 unspecified atom stereocenters. The minimum atomic E-state index is -0.0341. The molecule has 1 aromatic heterocycles. The Labute approximate surface area is 246 Å². The average Bonchev–Trinajstić information content (AvgIpc) is 3.26. The second-order valence-corrected chi connectivity index (χ2v) is 10.9. The van der Waals surface area contributed by atoms with Crippen LogP contribution < -0.4 is 10.1 Å². The highest BCUT2D eigenvalue weighted by Crippen LogP contribution is 2.35. The third-order valence-corrected chi connectivity index (χ3v) is 7.87. The molecule has 5 rings (SSSR count). The summed E-state index contributed by atoms with van der Waals surface area (Å²) in [4.78, 5) is 38.0. The van der Waals surface area contributed by atoms with Gasteiger partial charge in [-0.1, -0.05) is 37.9 Å². The van der Waals surface area contributed by atoms with E-state index in [4.69, 9.17) is 4.74 Å². The van der Waals surface area contributed by atoms with E-state index in [2.05, 4.69) is 43.8 Å². The topological polar surface area (TPSA) is 83.9 Å². The van der Waals surface area contributed by atoms with E-state index in [-0.39, 0.29) is 12.5 Å². The van der Waals surface area contributed by atoms with Crippen LogP contribution in [0.3, 0.4) is 0 Å². The predicted molar refractivity (Wildman–Crippen MR) is 161 cm³/mol. The summed E-state index contributed by atoms with van der Waals surface area (Å²) in [5.74, 6) is 0.824. The van der Waals surface area contributed by atoms with Crippen LogP contribution in [-0.4, -0.2) is 72.8 Å². The van der Waals surface area contributed by atoms with Crippen LogP contribution in [0, 0.1) is 0 Å². The number of aromatic nitrogens is 1. The number of halogens is 2. The highest BCUT2D eigenvalue weighted by atomic mass is 79.9. The van der Waals surface area contributed by atoms with E-state index in [9.17, 15) is 14.4 Å². The summed E-state index contributed by atoms with van der Waals surface area (Å²) in [5.41, 5.74) is 3.71. The Hall–Kier alpha value is -2.95. The van der Waals surface area contributed by atoms with Crippen LogP contribution in [0.1, 0.15) is 28.4 Å². The van der Waals surface area contributed by atoms with E-state index in [0.29, 0.717) is 24.7 Å². The Morgan fingerprint density at radius 2 is 1.90 bits per heavy atom. The van der Waals surface area contributed by atoms with Gasteiger partial charge in [0.2, 0.25) is 6.41 Å². The Morgan fingerprint density at radius 1 is 1.18 bits per heavy atom. The Kier molecular flexibility index (Phi) is 11.3. The molecule has 0 aliphatic carbocycles. The first-order valence-electron chi connectivity index (χ1n) is 12.6. The Bertz CT molecular complexity index is 1330. The predicted octanol–water partition coefficient (Wildman–Crippen LogP) is 4.81. The van der Waals surface area contributed by atoms with Crippen LogP contribution in [-0.2, 0) is 29.1 Å². The van der Waals surface area contributed by atoms with Gasteiger partial charge in [0, 0.05) is 63.8 Å². The number of amides is 2. The number of benzene rings is 2. The lowest BCUT2D eigenvalue weighted by Gasteiger charge is -2.35. The van der Waals surface area contributed by atoms with Gasteiger partial charge in [-0.25, -0.2) is 0 Å². The summed E-state index contributed by atoms with van der Waals surface area (Å²) < 4.78 is 9.18. The third kappa shape index (κ3) is 7.17. The summed E-state index contributed by atoms with van der Waals surface area (Å²) in [6.45, 7) is 8.35. The average molecular weight is 662 g/mol. The first-order chi connectivity index (χ1) is 18.8. The van der Waals surface area contributed by atoms with Gasteiger partial charge in [-0.05, 0) is 56.3 Å². The standard InChI is InChI=1S/C21H18Br2N2O3.C5H10N2O.C3H6/c1-28-20-5-3-18(23)16-11-25(7-6-14(16)20)21(27)17-12-24(8-9-26)19-4-2-13(22)10-15(17)19;1-6-5-2-7(3-5)4-8;1-3-2/h2-5,9-10,12H,6-8,11H2,1H3;4-6H,2-3H2,1H3;3H,1H2,2H3. The SMILES string of the molecule is C=CC.CNC1CN(C=O)C1.COc1ccc(Br)c2c1CCN(C(=O)c1cn(CC=O)c3ccc(Br)cc13)C2. The minimum absolute atomic E-state index is 0.0341. The van der Waals surface area contributed by atoms with E-state index < -0.39 is 0 Å². The fraction of sp³-hybridized carbons (Fsp3) is 0.345. The molecule has 2 aromatic carbocycles. The number of carbonyl (C=O) groups excluding carboxylic acids is 3. The Balaban J connectivity index is 0.000000321. The smallest absolute Gasteiger partial charge is 0.256 e. The molecule has 1 fully saturated rings. The zero-order valence-corrected chi connectivity index (χ0v) is 25.6. The zero-order valence-electron chi connectivity index (χ0n) is 22.5. The molecular formula is C29H34Br2N4O4. The highest BCUT2D eigenvalue weighted by Gasteiger charge is 2.27. The van der Waals surface area contributed by atoms with Gasteiger partial charge in [0.25, 0.3) is 5.91 Å². The van der Waals surface area contributed by atoms with Gasteiger partial charge in [0.15, 0.2) is 0 Å². The van der Waals surface area contributed by atoms with Crippen molar-refractivity contribution in [2.24, 2.45) is 0 Å². The molecule has 0 bridgehead atoms. The van der Waals surface area contributed by atoms with Crippen molar-refractivity contribution >= 4 is 61.4 Å². The van der Waals surface area contributed by atoms with Crippen molar-refractivity contribution in [1.82, 2.24) is 19.7 Å². The number of allylic oxidation sites excluding steroid dienone is 1. The van der Waals surface area contributed by atoms with Gasteiger partial charge < -0.3 is 29.2 Å². The van der Waals surface area contributed by atoms with E-state index in [1.54, 1.807) is 24.3 Å². The molecule has 2 amide bonds. The number of hydrogen-bond acceptors (Lipinski definition) is 5. The molecule has 2 aliphatic rings. The molecule has 39 heavy (non-hydrogen) atoms. The number of likely N-dealkylation sites (N-methyl/N-ethyl adjacent to an activating group) is 1. The van der Waals surface area contributed by atoms with Crippen molar-refractivity contribution in [3.05, 3.63) is 74.8 Å². The summed E-state index contributed by atoms with van der Waals surface area (Å²) in [6, 6.07) is 10.2. The number of likely N-dealkylation sites (tertiary alicyclic amines) is 1. The summed E-state index contributed by atoms with van der Waals surface area (Å²) >= 11 is 7.09. The van der Waals surface area contributed by atoms with Crippen molar-refractivity contribution < 1.29 is 19.1 Å². The zero-order chi connectivity index (χ0) is 28.5. The number of rotatable bonds is 6. The second-order valence-electron chi connectivity index (χ2n) is 9.16. The first kappa shape index (κ1) is 30.6. The number of fused-ring (bicyclic) bond motifs is 2. The molecule has 0 atom stereocenters. The van der Waals surface area contributed by atoms with E-state index >= 15 is 0 Å². The lowest BCUT2D eigenvalue weighted by molar-refractivity contribution is -0.122. The largest absolute Gasteiger partial charge is 0.496 e. The number of nitrogens with one attached hydrogen (secondary N) is 1. The molecular weight excluding hydrogens is 628 g/mol. The molecule has 0 radical (unpaired) electrons. The van der Waals surface area contributed by atoms with Crippen molar-refractivity contribution in [2.45, 2.75) is 32.5 Å². The fourth-order valence-electron chi connectivity index (χ4n) is 4.59. The van der Waals surface area contributed by atoms with Gasteiger partial charge >= 0.3 is 0 Å². The third-order valence-electron chi connectivity index (χ3n) is 6.63. The molecule has 208 valence electrons. The minimum Gasteiger partial charge on any atom is -0.496 e. The van der Waals surface area contributed by atoms with Crippen LogP contribution in [0.4, 0.5) is 0 Å². The maximum atomic E-state index is 13.4. The van der Waals surface area contributed by atoms with Crippen molar-refractivity contribution in [2.75, 3.05) is 33.8 Å².